The summed E-state index contributed by atoms with van der Waals surface area (Å²) in [6, 6.07) is 4.74. The monoisotopic (exact) mass is 299 g/mol. The second-order valence-electron chi connectivity index (χ2n) is 5.23. The SMILES string of the molecule is COc1ccc(CO)cc1S(=O)(=O)N1CCC(C)CC1. The largest absolute Gasteiger partial charge is 0.495 e. The molecule has 1 fully saturated rings. The number of methoxy groups -OCH3 is 1. The lowest BCUT2D eigenvalue weighted by Gasteiger charge is -2.29. The summed E-state index contributed by atoms with van der Waals surface area (Å²) in [5, 5.41) is 9.19. The number of aliphatic hydroxyl groups excluding tert-OH is 1. The Balaban J connectivity index is 2.37. The summed E-state index contributed by atoms with van der Waals surface area (Å²) in [6.07, 6.45) is 1.75. The van der Waals surface area contributed by atoms with Crippen LogP contribution in [0.3, 0.4) is 0 Å². The summed E-state index contributed by atoms with van der Waals surface area (Å²) >= 11 is 0. The maximum Gasteiger partial charge on any atom is 0.246 e. The van der Waals surface area contributed by atoms with Gasteiger partial charge < -0.3 is 9.84 Å². The number of nitrogens with zero attached hydrogens (tertiary/aromatic N) is 1. The molecule has 6 heteroatoms. The normalized spacial score (nSPS) is 18.1. The standard InChI is InChI=1S/C14H21NO4S/c1-11-5-7-15(8-6-11)20(17,18)14-9-12(10-16)3-4-13(14)19-2/h3-4,9,11,16H,5-8,10H2,1-2H3. The molecule has 1 aliphatic heterocycles. The number of hydrogen-bond donors (Lipinski definition) is 1. The Hall–Kier alpha value is -1.11. The number of rotatable bonds is 4. The fourth-order valence-corrected chi connectivity index (χ4v) is 4.06. The van der Waals surface area contributed by atoms with Gasteiger partial charge in [0.2, 0.25) is 10.0 Å². The highest BCUT2D eigenvalue weighted by Gasteiger charge is 2.30. The lowest BCUT2D eigenvalue weighted by Crippen LogP contribution is -2.38. The molecule has 1 heterocycles. The topological polar surface area (TPSA) is 66.8 Å². The second kappa shape index (κ2) is 6.11. The van der Waals surface area contributed by atoms with Crippen molar-refractivity contribution in [2.24, 2.45) is 5.92 Å². The van der Waals surface area contributed by atoms with Crippen LogP contribution in [-0.4, -0.2) is 38.0 Å². The highest BCUT2D eigenvalue weighted by Crippen LogP contribution is 2.30. The summed E-state index contributed by atoms with van der Waals surface area (Å²) in [6.45, 7) is 3.02. The Morgan fingerprint density at radius 1 is 1.35 bits per heavy atom. The molecule has 0 unspecified atom stereocenters. The third-order valence-electron chi connectivity index (χ3n) is 3.77. The lowest BCUT2D eigenvalue weighted by atomic mass is 10.0. The lowest BCUT2D eigenvalue weighted by molar-refractivity contribution is 0.280. The van der Waals surface area contributed by atoms with E-state index in [1.807, 2.05) is 0 Å². The Morgan fingerprint density at radius 3 is 2.55 bits per heavy atom. The molecule has 0 saturated carbocycles. The fourth-order valence-electron chi connectivity index (χ4n) is 2.39. The van der Waals surface area contributed by atoms with E-state index in [9.17, 15) is 13.5 Å². The zero-order chi connectivity index (χ0) is 14.8. The molecule has 0 aromatic heterocycles. The van der Waals surface area contributed by atoms with Crippen LogP contribution in [0.5, 0.6) is 5.75 Å². The van der Waals surface area contributed by atoms with Crippen LogP contribution in [0, 0.1) is 5.92 Å². The van der Waals surface area contributed by atoms with E-state index in [4.69, 9.17) is 4.74 Å². The van der Waals surface area contributed by atoms with E-state index in [1.54, 1.807) is 12.1 Å². The van der Waals surface area contributed by atoms with Crippen molar-refractivity contribution in [3.63, 3.8) is 0 Å². The van der Waals surface area contributed by atoms with E-state index in [2.05, 4.69) is 6.92 Å². The molecule has 1 saturated heterocycles. The highest BCUT2D eigenvalue weighted by atomic mass is 32.2. The molecule has 0 radical (unpaired) electrons. The maximum absolute atomic E-state index is 12.7. The number of aliphatic hydroxyl groups is 1. The minimum Gasteiger partial charge on any atom is -0.495 e. The molecule has 0 aliphatic carbocycles. The molecular formula is C14H21NO4S. The van der Waals surface area contributed by atoms with Gasteiger partial charge in [-0.25, -0.2) is 8.42 Å². The number of benzene rings is 1. The first-order chi connectivity index (χ1) is 9.48. The van der Waals surface area contributed by atoms with E-state index in [1.165, 1.54) is 17.5 Å². The van der Waals surface area contributed by atoms with E-state index in [0.717, 1.165) is 12.8 Å². The average Bonchev–Trinajstić information content (AvgIpc) is 2.47. The van der Waals surface area contributed by atoms with Gasteiger partial charge in [-0.2, -0.15) is 4.31 Å². The molecule has 0 amide bonds. The molecule has 1 aliphatic rings. The van der Waals surface area contributed by atoms with Gasteiger partial charge >= 0.3 is 0 Å². The number of ether oxygens (including phenoxy) is 1. The number of hydrogen-bond acceptors (Lipinski definition) is 4. The van der Waals surface area contributed by atoms with E-state index >= 15 is 0 Å². The first kappa shape index (κ1) is 15.3. The van der Waals surface area contributed by atoms with E-state index < -0.39 is 10.0 Å². The smallest absolute Gasteiger partial charge is 0.246 e. The number of sulfonamides is 1. The Labute approximate surface area is 120 Å². The quantitative estimate of drug-likeness (QED) is 0.917. The van der Waals surface area contributed by atoms with Crippen molar-refractivity contribution in [1.82, 2.24) is 4.31 Å². The second-order valence-corrected chi connectivity index (χ2v) is 7.14. The zero-order valence-electron chi connectivity index (χ0n) is 11.9. The van der Waals surface area contributed by atoms with E-state index in [-0.39, 0.29) is 11.5 Å². The Kier molecular flexibility index (Phi) is 4.67. The Bertz CT molecular complexity index is 563. The first-order valence-corrected chi connectivity index (χ1v) is 8.21. The van der Waals surface area contributed by atoms with Crippen LogP contribution < -0.4 is 4.74 Å². The van der Waals surface area contributed by atoms with Crippen LogP contribution in [0.4, 0.5) is 0 Å². The van der Waals surface area contributed by atoms with Crippen molar-refractivity contribution in [1.29, 1.82) is 0 Å². The van der Waals surface area contributed by atoms with Gasteiger partial charge in [0, 0.05) is 13.1 Å². The molecule has 5 nitrogen and oxygen atoms in total. The predicted molar refractivity (Wildman–Crippen MR) is 76.1 cm³/mol. The molecule has 0 atom stereocenters. The van der Waals surface area contributed by atoms with E-state index in [0.29, 0.717) is 30.3 Å². The molecule has 1 aromatic rings. The summed E-state index contributed by atoms with van der Waals surface area (Å²) in [7, 11) is -2.11. The minimum atomic E-state index is -3.56. The van der Waals surface area contributed by atoms with Crippen LogP contribution in [0.2, 0.25) is 0 Å². The summed E-state index contributed by atoms with van der Waals surface area (Å²) in [5.74, 6) is 0.882. The molecule has 0 spiro atoms. The highest BCUT2D eigenvalue weighted by molar-refractivity contribution is 7.89. The van der Waals surface area contributed by atoms with Crippen LogP contribution in [-0.2, 0) is 16.6 Å². The molecular weight excluding hydrogens is 278 g/mol. The summed E-state index contributed by atoms with van der Waals surface area (Å²) in [5.41, 5.74) is 0.565. The molecule has 1 N–H and O–H groups in total. The maximum atomic E-state index is 12.7. The van der Waals surface area contributed by atoms with Crippen LogP contribution in [0.25, 0.3) is 0 Å². The molecule has 0 bridgehead atoms. The van der Waals surface area contributed by atoms with Gasteiger partial charge in [0.05, 0.1) is 13.7 Å². The van der Waals surface area contributed by atoms with Gasteiger partial charge in [0.15, 0.2) is 0 Å². The average molecular weight is 299 g/mol. The summed E-state index contributed by atoms with van der Waals surface area (Å²) < 4.78 is 32.1. The van der Waals surface area contributed by atoms with Gasteiger partial charge in [0.25, 0.3) is 0 Å². The fraction of sp³-hybridized carbons (Fsp3) is 0.571. The minimum absolute atomic E-state index is 0.140. The molecule has 1 aromatic carbocycles. The van der Waals surface area contributed by atoms with Gasteiger partial charge in [0.1, 0.15) is 10.6 Å². The predicted octanol–water partition coefficient (Wildman–Crippen LogP) is 1.61. The molecule has 2 rings (SSSR count). The molecule has 20 heavy (non-hydrogen) atoms. The van der Waals surface area contributed by atoms with Gasteiger partial charge in [-0.3, -0.25) is 0 Å². The molecule has 112 valence electrons. The first-order valence-electron chi connectivity index (χ1n) is 6.77. The van der Waals surface area contributed by atoms with Crippen molar-refractivity contribution in [2.75, 3.05) is 20.2 Å². The van der Waals surface area contributed by atoms with Crippen molar-refractivity contribution < 1.29 is 18.3 Å². The van der Waals surface area contributed by atoms with Gasteiger partial charge in [-0.1, -0.05) is 13.0 Å². The van der Waals surface area contributed by atoms with Crippen LogP contribution in [0.15, 0.2) is 23.1 Å². The van der Waals surface area contributed by atoms with Crippen molar-refractivity contribution in [3.8, 4) is 5.75 Å². The van der Waals surface area contributed by atoms with Crippen molar-refractivity contribution in [3.05, 3.63) is 23.8 Å². The Morgan fingerprint density at radius 2 is 2.00 bits per heavy atom. The van der Waals surface area contributed by atoms with Gasteiger partial charge in [-0.05, 0) is 36.5 Å². The van der Waals surface area contributed by atoms with Gasteiger partial charge in [-0.15, -0.1) is 0 Å². The van der Waals surface area contributed by atoms with Crippen LogP contribution >= 0.6 is 0 Å². The summed E-state index contributed by atoms with van der Waals surface area (Å²) in [4.78, 5) is 0.140. The van der Waals surface area contributed by atoms with Crippen LogP contribution in [0.1, 0.15) is 25.3 Å². The van der Waals surface area contributed by atoms with Crippen molar-refractivity contribution in [2.45, 2.75) is 31.3 Å². The zero-order valence-corrected chi connectivity index (χ0v) is 12.7. The van der Waals surface area contributed by atoms with Crippen molar-refractivity contribution >= 4 is 10.0 Å². The number of piperidine rings is 1. The third kappa shape index (κ3) is 2.97. The third-order valence-corrected chi connectivity index (χ3v) is 5.69.